The lowest BCUT2D eigenvalue weighted by Crippen LogP contribution is -2.28. The van der Waals surface area contributed by atoms with Crippen molar-refractivity contribution in [2.75, 3.05) is 5.75 Å². The van der Waals surface area contributed by atoms with Gasteiger partial charge >= 0.3 is 0 Å². The van der Waals surface area contributed by atoms with Gasteiger partial charge in [-0.05, 0) is 52.2 Å². The zero-order valence-electron chi connectivity index (χ0n) is 16.0. The molecule has 8 nitrogen and oxygen atoms in total. The normalized spacial score (nSPS) is 16.0. The maximum atomic E-state index is 13.1. The van der Waals surface area contributed by atoms with E-state index in [1.807, 2.05) is 41.8 Å². The number of amides is 1. The Labute approximate surface area is 190 Å². The number of thioether (sulfide) groups is 1. The molecule has 4 aromatic rings. The van der Waals surface area contributed by atoms with E-state index in [4.69, 9.17) is 16.0 Å². The monoisotopic (exact) mass is 470 g/mol. The molecule has 0 bridgehead atoms. The van der Waals surface area contributed by atoms with Crippen molar-refractivity contribution in [1.29, 1.82) is 0 Å². The Bertz CT molecular complexity index is 1220. The van der Waals surface area contributed by atoms with Crippen LogP contribution in [-0.2, 0) is 4.79 Å². The molecule has 11 heteroatoms. The van der Waals surface area contributed by atoms with E-state index in [1.54, 1.807) is 34.4 Å². The van der Waals surface area contributed by atoms with Crippen molar-refractivity contribution >= 4 is 46.3 Å². The Morgan fingerprint density at radius 1 is 1.26 bits per heavy atom. The number of nitrogens with zero attached hydrogens (tertiary/aromatic N) is 6. The number of halogens is 1. The van der Waals surface area contributed by atoms with E-state index < -0.39 is 0 Å². The van der Waals surface area contributed by atoms with Crippen LogP contribution < -0.4 is 0 Å². The van der Waals surface area contributed by atoms with Crippen LogP contribution in [0.5, 0.6) is 0 Å². The summed E-state index contributed by atoms with van der Waals surface area (Å²) >= 11 is 8.92. The summed E-state index contributed by atoms with van der Waals surface area (Å²) in [5.41, 5.74) is 1.60. The predicted molar refractivity (Wildman–Crippen MR) is 119 cm³/mol. The zero-order valence-corrected chi connectivity index (χ0v) is 18.3. The van der Waals surface area contributed by atoms with Gasteiger partial charge in [-0.1, -0.05) is 35.5 Å². The van der Waals surface area contributed by atoms with Gasteiger partial charge in [0.05, 0.1) is 28.3 Å². The first-order chi connectivity index (χ1) is 15.2. The van der Waals surface area contributed by atoms with Crippen molar-refractivity contribution in [3.63, 3.8) is 0 Å². The molecule has 3 aromatic heterocycles. The van der Waals surface area contributed by atoms with E-state index in [1.165, 1.54) is 16.8 Å². The number of hydrogen-bond acceptors (Lipinski definition) is 8. The molecule has 1 aliphatic rings. The number of furan rings is 1. The van der Waals surface area contributed by atoms with Crippen LogP contribution >= 0.6 is 34.7 Å². The van der Waals surface area contributed by atoms with Crippen LogP contribution in [0, 0.1) is 0 Å². The quantitative estimate of drug-likeness (QED) is 0.387. The third-order valence-electron chi connectivity index (χ3n) is 4.66. The van der Waals surface area contributed by atoms with Crippen LogP contribution in [-0.4, -0.2) is 42.6 Å². The molecule has 0 spiro atoms. The van der Waals surface area contributed by atoms with Gasteiger partial charge in [-0.3, -0.25) is 4.79 Å². The van der Waals surface area contributed by atoms with E-state index in [9.17, 15) is 4.79 Å². The van der Waals surface area contributed by atoms with E-state index in [0.717, 1.165) is 16.3 Å². The van der Waals surface area contributed by atoms with Gasteiger partial charge in [0.25, 0.3) is 5.91 Å². The number of carbonyl (C=O) groups excluding carboxylic acids is 1. The summed E-state index contributed by atoms with van der Waals surface area (Å²) in [4.78, 5) is 14.2. The molecule has 4 heterocycles. The number of tetrazole rings is 1. The Morgan fingerprint density at radius 3 is 2.97 bits per heavy atom. The van der Waals surface area contributed by atoms with Gasteiger partial charge in [-0.25, -0.2) is 5.01 Å². The van der Waals surface area contributed by atoms with Crippen molar-refractivity contribution in [2.24, 2.45) is 5.10 Å². The number of thiophene rings is 1. The summed E-state index contributed by atoms with van der Waals surface area (Å²) in [7, 11) is 0. The van der Waals surface area contributed by atoms with Crippen molar-refractivity contribution in [3.05, 3.63) is 75.8 Å². The average molecular weight is 471 g/mol. The van der Waals surface area contributed by atoms with Crippen LogP contribution in [0.2, 0.25) is 5.02 Å². The first-order valence-electron chi connectivity index (χ1n) is 9.33. The lowest BCUT2D eigenvalue weighted by atomic mass is 10.1. The van der Waals surface area contributed by atoms with E-state index in [-0.39, 0.29) is 17.7 Å². The van der Waals surface area contributed by atoms with Crippen LogP contribution in [0.25, 0.3) is 5.69 Å². The summed E-state index contributed by atoms with van der Waals surface area (Å²) in [5, 5.41) is 21.0. The van der Waals surface area contributed by atoms with Gasteiger partial charge in [-0.2, -0.15) is 9.78 Å². The van der Waals surface area contributed by atoms with E-state index in [0.29, 0.717) is 22.4 Å². The van der Waals surface area contributed by atoms with E-state index in [2.05, 4.69) is 20.6 Å². The maximum Gasteiger partial charge on any atom is 0.253 e. The highest BCUT2D eigenvalue weighted by atomic mass is 35.5. The topological polar surface area (TPSA) is 89.4 Å². The lowest BCUT2D eigenvalue weighted by molar-refractivity contribution is -0.130. The fourth-order valence-corrected chi connectivity index (χ4v) is 4.91. The Balaban J connectivity index is 1.35. The summed E-state index contributed by atoms with van der Waals surface area (Å²) in [5.74, 6) is 0.676. The van der Waals surface area contributed by atoms with Gasteiger partial charge in [0.15, 0.2) is 0 Å². The minimum Gasteiger partial charge on any atom is -0.467 e. The molecule has 1 atom stereocenters. The second-order valence-electron chi connectivity index (χ2n) is 6.64. The Morgan fingerprint density at radius 2 is 2.19 bits per heavy atom. The predicted octanol–water partition coefficient (Wildman–Crippen LogP) is 4.44. The Hall–Kier alpha value is -2.95. The molecule has 31 heavy (non-hydrogen) atoms. The number of hydrazone groups is 1. The second-order valence-corrected chi connectivity index (χ2v) is 8.97. The summed E-state index contributed by atoms with van der Waals surface area (Å²) in [6, 6.07) is 14.6. The van der Waals surface area contributed by atoms with Crippen molar-refractivity contribution in [1.82, 2.24) is 25.2 Å². The van der Waals surface area contributed by atoms with Gasteiger partial charge < -0.3 is 4.42 Å². The molecule has 0 radical (unpaired) electrons. The average Bonchev–Trinajstić information content (AvgIpc) is 3.56. The first kappa shape index (κ1) is 20.0. The molecule has 1 amide bonds. The van der Waals surface area contributed by atoms with Crippen LogP contribution in [0.15, 0.2) is 74.8 Å². The molecular formula is C20H15ClN6O2S2. The zero-order chi connectivity index (χ0) is 21.2. The standard InChI is InChI=1S/C20H15ClN6O2S2/c21-13-4-1-5-14(10-13)26-20(22-24-25-26)31-12-19(28)27-16(17-6-2-8-29-17)11-15(23-27)18-7-3-9-30-18/h1-10,16H,11-12H2/t16-/m0/s1. The minimum absolute atomic E-state index is 0.124. The van der Waals surface area contributed by atoms with Gasteiger partial charge in [-0.15, -0.1) is 16.4 Å². The number of rotatable bonds is 6. The second kappa shape index (κ2) is 8.66. The number of hydrogen-bond donors (Lipinski definition) is 0. The third kappa shape index (κ3) is 4.14. The van der Waals surface area contributed by atoms with Crippen molar-refractivity contribution < 1.29 is 9.21 Å². The smallest absolute Gasteiger partial charge is 0.253 e. The van der Waals surface area contributed by atoms with Gasteiger partial charge in [0, 0.05) is 11.4 Å². The molecule has 0 unspecified atom stereocenters. The number of aromatic nitrogens is 4. The van der Waals surface area contributed by atoms with Crippen molar-refractivity contribution in [3.8, 4) is 5.69 Å². The lowest BCUT2D eigenvalue weighted by Gasteiger charge is -2.19. The van der Waals surface area contributed by atoms with Crippen LogP contribution in [0.1, 0.15) is 23.1 Å². The highest BCUT2D eigenvalue weighted by Crippen LogP contribution is 2.34. The molecule has 0 N–H and O–H groups in total. The molecular weight excluding hydrogens is 456 g/mol. The van der Waals surface area contributed by atoms with E-state index >= 15 is 0 Å². The van der Waals surface area contributed by atoms with Crippen LogP contribution in [0.4, 0.5) is 0 Å². The fourth-order valence-electron chi connectivity index (χ4n) is 3.27. The summed E-state index contributed by atoms with van der Waals surface area (Å²) in [6.07, 6.45) is 2.21. The summed E-state index contributed by atoms with van der Waals surface area (Å²) < 4.78 is 7.14. The third-order valence-corrected chi connectivity index (χ3v) is 6.72. The van der Waals surface area contributed by atoms with Gasteiger partial charge in [0.1, 0.15) is 11.8 Å². The first-order valence-corrected chi connectivity index (χ1v) is 11.6. The van der Waals surface area contributed by atoms with Gasteiger partial charge in [0.2, 0.25) is 5.16 Å². The number of benzene rings is 1. The molecule has 1 aromatic carbocycles. The molecule has 156 valence electrons. The summed E-state index contributed by atoms with van der Waals surface area (Å²) in [6.45, 7) is 0. The highest BCUT2D eigenvalue weighted by molar-refractivity contribution is 7.99. The SMILES string of the molecule is O=C(CSc1nnnn1-c1cccc(Cl)c1)N1N=C(c2cccs2)C[C@H]1c1ccco1. The van der Waals surface area contributed by atoms with Crippen LogP contribution in [0.3, 0.4) is 0 Å². The maximum absolute atomic E-state index is 13.1. The molecule has 0 saturated heterocycles. The molecule has 1 aliphatic heterocycles. The fraction of sp³-hybridized carbons (Fsp3) is 0.150. The Kier molecular flexibility index (Phi) is 5.58. The van der Waals surface area contributed by atoms with Crippen molar-refractivity contribution in [2.45, 2.75) is 17.6 Å². The number of carbonyl (C=O) groups is 1. The minimum atomic E-state index is -0.274. The molecule has 0 aliphatic carbocycles. The molecule has 0 saturated carbocycles. The molecule has 0 fully saturated rings. The molecule has 5 rings (SSSR count). The highest BCUT2D eigenvalue weighted by Gasteiger charge is 2.35. The largest absolute Gasteiger partial charge is 0.467 e.